The standard InChI is InChI=1S/C18H21ClN2O2.ClH/c1-12(11-20)18(22)21-17(15-5-3-4-6-16(15)19)13-7-9-14(23-2)10-8-13;/h3-10,12,17H,11,20H2,1-2H3,(H,21,22);1H. The van der Waals surface area contributed by atoms with Crippen molar-refractivity contribution in [3.8, 4) is 5.75 Å². The van der Waals surface area contributed by atoms with Gasteiger partial charge in [0.15, 0.2) is 0 Å². The van der Waals surface area contributed by atoms with E-state index in [2.05, 4.69) is 5.32 Å². The summed E-state index contributed by atoms with van der Waals surface area (Å²) in [5, 5.41) is 3.64. The van der Waals surface area contributed by atoms with Gasteiger partial charge in [0.2, 0.25) is 5.91 Å². The van der Waals surface area contributed by atoms with Gasteiger partial charge in [-0.1, -0.05) is 48.9 Å². The highest BCUT2D eigenvalue weighted by molar-refractivity contribution is 6.31. The van der Waals surface area contributed by atoms with E-state index in [1.54, 1.807) is 14.0 Å². The number of carbonyl (C=O) groups excluding carboxylic acids is 1. The van der Waals surface area contributed by atoms with E-state index in [9.17, 15) is 4.79 Å². The van der Waals surface area contributed by atoms with Gasteiger partial charge in [0.25, 0.3) is 0 Å². The Kier molecular flexibility index (Phi) is 8.05. The third-order valence-corrected chi connectivity index (χ3v) is 4.10. The van der Waals surface area contributed by atoms with Crippen LogP contribution in [-0.2, 0) is 4.79 Å². The molecule has 6 heteroatoms. The second-order valence-electron chi connectivity index (χ2n) is 5.37. The number of rotatable bonds is 6. The van der Waals surface area contributed by atoms with Gasteiger partial charge in [-0.25, -0.2) is 0 Å². The van der Waals surface area contributed by atoms with Crippen molar-refractivity contribution in [1.82, 2.24) is 5.32 Å². The molecular formula is C18H22Cl2N2O2. The lowest BCUT2D eigenvalue weighted by molar-refractivity contribution is -0.124. The largest absolute Gasteiger partial charge is 0.497 e. The van der Waals surface area contributed by atoms with Crippen molar-refractivity contribution < 1.29 is 9.53 Å². The summed E-state index contributed by atoms with van der Waals surface area (Å²) in [5.41, 5.74) is 7.36. The average Bonchev–Trinajstić information content (AvgIpc) is 2.59. The molecular weight excluding hydrogens is 347 g/mol. The van der Waals surface area contributed by atoms with Crippen LogP contribution in [0.25, 0.3) is 0 Å². The molecule has 0 aromatic heterocycles. The Balaban J connectivity index is 0.00000288. The Morgan fingerprint density at radius 1 is 1.21 bits per heavy atom. The zero-order chi connectivity index (χ0) is 16.8. The summed E-state index contributed by atoms with van der Waals surface area (Å²) in [6.45, 7) is 2.09. The maximum atomic E-state index is 12.3. The molecule has 0 fully saturated rings. The number of methoxy groups -OCH3 is 1. The van der Waals surface area contributed by atoms with Crippen molar-refractivity contribution >= 4 is 29.9 Å². The van der Waals surface area contributed by atoms with Gasteiger partial charge in [-0.3, -0.25) is 4.79 Å². The summed E-state index contributed by atoms with van der Waals surface area (Å²) in [6, 6.07) is 14.7. The van der Waals surface area contributed by atoms with Crippen LogP contribution < -0.4 is 15.8 Å². The molecule has 4 nitrogen and oxygen atoms in total. The van der Waals surface area contributed by atoms with E-state index in [1.165, 1.54) is 0 Å². The van der Waals surface area contributed by atoms with Crippen molar-refractivity contribution in [1.29, 1.82) is 0 Å². The summed E-state index contributed by atoms with van der Waals surface area (Å²) in [5.74, 6) is 0.389. The molecule has 2 rings (SSSR count). The Morgan fingerprint density at radius 3 is 2.38 bits per heavy atom. The first-order valence-corrected chi connectivity index (χ1v) is 7.83. The summed E-state index contributed by atoms with van der Waals surface area (Å²) in [6.07, 6.45) is 0. The minimum atomic E-state index is -0.337. The lowest BCUT2D eigenvalue weighted by Gasteiger charge is -2.23. The quantitative estimate of drug-likeness (QED) is 0.818. The molecule has 130 valence electrons. The Morgan fingerprint density at radius 2 is 1.83 bits per heavy atom. The van der Waals surface area contributed by atoms with Crippen molar-refractivity contribution in [2.75, 3.05) is 13.7 Å². The van der Waals surface area contributed by atoms with Gasteiger partial charge in [-0.05, 0) is 29.3 Å². The van der Waals surface area contributed by atoms with E-state index in [0.29, 0.717) is 11.6 Å². The fourth-order valence-electron chi connectivity index (χ4n) is 2.24. The van der Waals surface area contributed by atoms with Crippen LogP contribution in [0.5, 0.6) is 5.75 Å². The molecule has 0 aliphatic rings. The molecule has 0 saturated carbocycles. The lowest BCUT2D eigenvalue weighted by Crippen LogP contribution is -2.36. The first kappa shape index (κ1) is 20.3. The first-order valence-electron chi connectivity index (χ1n) is 7.45. The maximum absolute atomic E-state index is 12.3. The van der Waals surface area contributed by atoms with E-state index in [4.69, 9.17) is 22.1 Å². The fourth-order valence-corrected chi connectivity index (χ4v) is 2.48. The number of nitrogens with two attached hydrogens (primary N) is 1. The van der Waals surface area contributed by atoms with Crippen LogP contribution in [0, 0.1) is 5.92 Å². The third-order valence-electron chi connectivity index (χ3n) is 3.75. The molecule has 0 aliphatic carbocycles. The highest BCUT2D eigenvalue weighted by Crippen LogP contribution is 2.29. The molecule has 1 amide bonds. The van der Waals surface area contributed by atoms with Crippen LogP contribution in [0.1, 0.15) is 24.1 Å². The zero-order valence-corrected chi connectivity index (χ0v) is 15.2. The molecule has 2 aromatic rings. The molecule has 2 aromatic carbocycles. The Bertz CT molecular complexity index is 662. The number of amides is 1. The SMILES string of the molecule is COc1ccc(C(NC(=O)C(C)CN)c2ccccc2Cl)cc1.Cl. The minimum Gasteiger partial charge on any atom is -0.497 e. The van der Waals surface area contributed by atoms with Gasteiger partial charge in [0, 0.05) is 17.5 Å². The van der Waals surface area contributed by atoms with Gasteiger partial charge >= 0.3 is 0 Å². The Hall–Kier alpha value is -1.75. The number of hydrogen-bond donors (Lipinski definition) is 2. The van der Waals surface area contributed by atoms with Gasteiger partial charge in [-0.2, -0.15) is 0 Å². The van der Waals surface area contributed by atoms with Gasteiger partial charge in [-0.15, -0.1) is 12.4 Å². The molecule has 0 saturated heterocycles. The molecule has 0 heterocycles. The molecule has 2 unspecified atom stereocenters. The van der Waals surface area contributed by atoms with Crippen LogP contribution in [0.3, 0.4) is 0 Å². The summed E-state index contributed by atoms with van der Waals surface area (Å²) in [7, 11) is 1.62. The minimum absolute atomic E-state index is 0. The van der Waals surface area contributed by atoms with Crippen molar-refractivity contribution in [3.05, 3.63) is 64.7 Å². The predicted molar refractivity (Wildman–Crippen MR) is 99.9 cm³/mol. The lowest BCUT2D eigenvalue weighted by atomic mass is 9.97. The third kappa shape index (κ3) is 4.87. The second-order valence-corrected chi connectivity index (χ2v) is 5.78. The van der Waals surface area contributed by atoms with Crippen LogP contribution >= 0.6 is 24.0 Å². The van der Waals surface area contributed by atoms with Crippen LogP contribution in [0.2, 0.25) is 5.02 Å². The molecule has 0 aliphatic heterocycles. The number of ether oxygens (including phenoxy) is 1. The number of nitrogens with one attached hydrogen (secondary N) is 1. The van der Waals surface area contributed by atoms with Crippen molar-refractivity contribution in [3.63, 3.8) is 0 Å². The van der Waals surface area contributed by atoms with Crippen LogP contribution in [-0.4, -0.2) is 19.6 Å². The van der Waals surface area contributed by atoms with E-state index in [0.717, 1.165) is 16.9 Å². The summed E-state index contributed by atoms with van der Waals surface area (Å²) >= 11 is 6.32. The molecule has 2 atom stereocenters. The Labute approximate surface area is 153 Å². The molecule has 0 radical (unpaired) electrons. The fraction of sp³-hybridized carbons (Fsp3) is 0.278. The van der Waals surface area contributed by atoms with Crippen LogP contribution in [0.4, 0.5) is 0 Å². The normalized spacial score (nSPS) is 12.7. The van der Waals surface area contributed by atoms with E-state index in [-0.39, 0.29) is 30.3 Å². The maximum Gasteiger partial charge on any atom is 0.224 e. The first-order chi connectivity index (χ1) is 11.1. The number of halogens is 2. The summed E-state index contributed by atoms with van der Waals surface area (Å²) < 4.78 is 5.19. The smallest absolute Gasteiger partial charge is 0.224 e. The van der Waals surface area contributed by atoms with Gasteiger partial charge < -0.3 is 15.8 Å². The predicted octanol–water partition coefficient (Wildman–Crippen LogP) is 3.57. The highest BCUT2D eigenvalue weighted by atomic mass is 35.5. The van der Waals surface area contributed by atoms with Crippen molar-refractivity contribution in [2.45, 2.75) is 13.0 Å². The molecule has 0 bridgehead atoms. The van der Waals surface area contributed by atoms with E-state index >= 15 is 0 Å². The topological polar surface area (TPSA) is 64.3 Å². The van der Waals surface area contributed by atoms with E-state index < -0.39 is 0 Å². The summed E-state index contributed by atoms with van der Waals surface area (Å²) in [4.78, 5) is 12.3. The zero-order valence-electron chi connectivity index (χ0n) is 13.7. The van der Waals surface area contributed by atoms with Crippen LogP contribution in [0.15, 0.2) is 48.5 Å². The monoisotopic (exact) mass is 368 g/mol. The van der Waals surface area contributed by atoms with Crippen molar-refractivity contribution in [2.24, 2.45) is 11.7 Å². The van der Waals surface area contributed by atoms with Gasteiger partial charge in [0.05, 0.1) is 13.2 Å². The number of benzene rings is 2. The highest BCUT2D eigenvalue weighted by Gasteiger charge is 2.21. The number of carbonyl (C=O) groups is 1. The molecule has 24 heavy (non-hydrogen) atoms. The van der Waals surface area contributed by atoms with Gasteiger partial charge in [0.1, 0.15) is 5.75 Å². The second kappa shape index (κ2) is 9.52. The number of hydrogen-bond acceptors (Lipinski definition) is 3. The molecule has 0 spiro atoms. The van der Waals surface area contributed by atoms with E-state index in [1.807, 2.05) is 48.5 Å². The average molecular weight is 369 g/mol. The molecule has 3 N–H and O–H groups in total.